The summed E-state index contributed by atoms with van der Waals surface area (Å²) in [5.41, 5.74) is 0. The highest BCUT2D eigenvalue weighted by Gasteiger charge is 2.32. The van der Waals surface area contributed by atoms with Crippen LogP contribution in [0.3, 0.4) is 0 Å². The first kappa shape index (κ1) is 13.7. The molecule has 0 aromatic heterocycles. The summed E-state index contributed by atoms with van der Waals surface area (Å²) >= 11 is 0. The highest BCUT2D eigenvalue weighted by molar-refractivity contribution is 4.80. The minimum absolute atomic E-state index is 0. The molecule has 0 bridgehead atoms. The van der Waals surface area contributed by atoms with Gasteiger partial charge in [0.1, 0.15) is 0 Å². The summed E-state index contributed by atoms with van der Waals surface area (Å²) in [6, 6.07) is 0. The van der Waals surface area contributed by atoms with E-state index in [-0.39, 0.29) is 30.1 Å². The van der Waals surface area contributed by atoms with Gasteiger partial charge >= 0.3 is 0 Å². The third-order valence-electron chi connectivity index (χ3n) is 2.74. The second-order valence-electron chi connectivity index (χ2n) is 5.35. The predicted octanol–water partition coefficient (Wildman–Crippen LogP) is -1.90. The van der Waals surface area contributed by atoms with Crippen molar-refractivity contribution >= 4 is 0 Å². The molecule has 0 aromatic rings. The average molecular weight is 299 g/mol. The molecule has 0 aromatic carbocycles. The molecule has 1 aliphatic carbocycles. The molecule has 3 atom stereocenters. The van der Waals surface area contributed by atoms with Crippen LogP contribution in [0.1, 0.15) is 19.8 Å². The molecular formula is C10H22INO. The normalized spacial score (nSPS) is 34.4. The van der Waals surface area contributed by atoms with Gasteiger partial charge in [0.05, 0.1) is 33.8 Å². The number of hydrogen-bond donors (Lipinski definition) is 1. The van der Waals surface area contributed by atoms with Gasteiger partial charge in [0.15, 0.2) is 0 Å². The zero-order valence-corrected chi connectivity index (χ0v) is 11.3. The van der Waals surface area contributed by atoms with E-state index in [9.17, 15) is 5.11 Å². The fraction of sp³-hybridized carbons (Fsp3) is 1.00. The molecule has 13 heavy (non-hydrogen) atoms. The lowest BCUT2D eigenvalue weighted by Crippen LogP contribution is -3.00. The molecule has 0 unspecified atom stereocenters. The van der Waals surface area contributed by atoms with E-state index in [0.29, 0.717) is 5.92 Å². The summed E-state index contributed by atoms with van der Waals surface area (Å²) in [5.74, 6) is 1.25. The van der Waals surface area contributed by atoms with Crippen LogP contribution in [0.15, 0.2) is 0 Å². The topological polar surface area (TPSA) is 20.2 Å². The zero-order chi connectivity index (χ0) is 9.35. The Morgan fingerprint density at radius 3 is 2.08 bits per heavy atom. The van der Waals surface area contributed by atoms with Gasteiger partial charge in [-0.25, -0.2) is 0 Å². The van der Waals surface area contributed by atoms with E-state index < -0.39 is 0 Å². The number of aliphatic hydroxyl groups excluding tert-OH is 1. The molecule has 1 fully saturated rings. The van der Waals surface area contributed by atoms with Crippen molar-refractivity contribution in [1.82, 2.24) is 0 Å². The van der Waals surface area contributed by atoms with Crippen molar-refractivity contribution in [3.63, 3.8) is 0 Å². The fourth-order valence-corrected chi connectivity index (χ4v) is 2.28. The van der Waals surface area contributed by atoms with Gasteiger partial charge in [-0.2, -0.15) is 0 Å². The van der Waals surface area contributed by atoms with E-state index >= 15 is 0 Å². The second-order valence-corrected chi connectivity index (χ2v) is 5.35. The van der Waals surface area contributed by atoms with Crippen LogP contribution in [-0.4, -0.2) is 43.4 Å². The molecule has 0 heterocycles. The first-order chi connectivity index (χ1) is 5.38. The first-order valence-electron chi connectivity index (χ1n) is 4.87. The molecule has 3 heteroatoms. The number of nitrogens with zero attached hydrogens (tertiary/aromatic N) is 1. The van der Waals surface area contributed by atoms with Crippen LogP contribution < -0.4 is 24.0 Å². The van der Waals surface area contributed by atoms with Crippen molar-refractivity contribution in [2.45, 2.75) is 25.9 Å². The highest BCUT2D eigenvalue weighted by atomic mass is 127. The Balaban J connectivity index is 0.00000144. The van der Waals surface area contributed by atoms with Crippen LogP contribution in [0.5, 0.6) is 0 Å². The van der Waals surface area contributed by atoms with Gasteiger partial charge in [0.25, 0.3) is 0 Å². The maximum absolute atomic E-state index is 9.56. The Labute approximate surface area is 98.9 Å². The van der Waals surface area contributed by atoms with Crippen molar-refractivity contribution in [1.29, 1.82) is 0 Å². The summed E-state index contributed by atoms with van der Waals surface area (Å²) in [4.78, 5) is 0. The second kappa shape index (κ2) is 4.94. The molecule has 2 nitrogen and oxygen atoms in total. The van der Waals surface area contributed by atoms with Crippen LogP contribution in [0.25, 0.3) is 0 Å². The Bertz CT molecular complexity index is 145. The minimum atomic E-state index is -0.0402. The fourth-order valence-electron chi connectivity index (χ4n) is 2.28. The summed E-state index contributed by atoms with van der Waals surface area (Å²) in [6.07, 6.45) is 2.18. The van der Waals surface area contributed by atoms with Crippen molar-refractivity contribution in [2.24, 2.45) is 11.8 Å². The van der Waals surface area contributed by atoms with Gasteiger partial charge < -0.3 is 33.6 Å². The standard InChI is InChI=1S/C10H22NO.HI/c1-8-5-9(6-10(8)12)7-11(2,3)4;/h8-10,12H,5-7H2,1-4H3;1H/q+1;/p-1/t8-,9-,10-;/m0./s1. The monoisotopic (exact) mass is 299 g/mol. The predicted molar refractivity (Wildman–Crippen MR) is 50.8 cm³/mol. The van der Waals surface area contributed by atoms with Gasteiger partial charge in [-0.15, -0.1) is 0 Å². The highest BCUT2D eigenvalue weighted by Crippen LogP contribution is 2.31. The lowest BCUT2D eigenvalue weighted by atomic mass is 10.1. The van der Waals surface area contributed by atoms with Gasteiger partial charge in [-0.3, -0.25) is 0 Å². The molecule has 80 valence electrons. The van der Waals surface area contributed by atoms with Crippen molar-refractivity contribution < 1.29 is 33.6 Å². The van der Waals surface area contributed by atoms with Crippen molar-refractivity contribution in [2.75, 3.05) is 27.7 Å². The third-order valence-corrected chi connectivity index (χ3v) is 2.74. The summed E-state index contributed by atoms with van der Waals surface area (Å²) < 4.78 is 1.02. The summed E-state index contributed by atoms with van der Waals surface area (Å²) in [7, 11) is 6.65. The number of halogens is 1. The largest absolute Gasteiger partial charge is 1.00 e. The smallest absolute Gasteiger partial charge is 0.0810 e. The summed E-state index contributed by atoms with van der Waals surface area (Å²) in [5, 5.41) is 9.56. The number of rotatable bonds is 2. The Morgan fingerprint density at radius 1 is 1.23 bits per heavy atom. The zero-order valence-electron chi connectivity index (χ0n) is 9.13. The molecule has 0 aliphatic heterocycles. The van der Waals surface area contributed by atoms with Crippen LogP contribution in [0, 0.1) is 11.8 Å². The minimum Gasteiger partial charge on any atom is -1.00 e. The SMILES string of the molecule is C[C@H]1C[C@H](C[N+](C)(C)C)C[C@@H]1O.[I-]. The third kappa shape index (κ3) is 4.61. The number of quaternary nitrogens is 1. The maximum Gasteiger partial charge on any atom is 0.0810 e. The Kier molecular flexibility index (Phi) is 5.18. The van der Waals surface area contributed by atoms with E-state index in [2.05, 4.69) is 28.1 Å². The maximum atomic E-state index is 9.56. The van der Waals surface area contributed by atoms with E-state index in [1.54, 1.807) is 0 Å². The quantitative estimate of drug-likeness (QED) is 0.467. The molecule has 0 radical (unpaired) electrons. The molecule has 0 saturated heterocycles. The molecule has 0 spiro atoms. The van der Waals surface area contributed by atoms with Crippen LogP contribution in [0.4, 0.5) is 0 Å². The van der Waals surface area contributed by atoms with Gasteiger partial charge in [-0.1, -0.05) is 6.92 Å². The molecular weight excluding hydrogens is 277 g/mol. The van der Waals surface area contributed by atoms with E-state index in [4.69, 9.17) is 0 Å². The van der Waals surface area contributed by atoms with E-state index in [0.717, 1.165) is 16.8 Å². The lowest BCUT2D eigenvalue weighted by Gasteiger charge is -2.27. The molecule has 1 saturated carbocycles. The first-order valence-corrected chi connectivity index (χ1v) is 4.87. The van der Waals surface area contributed by atoms with Crippen molar-refractivity contribution in [3.05, 3.63) is 0 Å². The van der Waals surface area contributed by atoms with Crippen molar-refractivity contribution in [3.8, 4) is 0 Å². The molecule has 1 N–H and O–H groups in total. The lowest BCUT2D eigenvalue weighted by molar-refractivity contribution is -0.873. The number of aliphatic hydroxyl groups is 1. The van der Waals surface area contributed by atoms with Crippen LogP contribution in [0.2, 0.25) is 0 Å². The summed E-state index contributed by atoms with van der Waals surface area (Å²) in [6.45, 7) is 3.35. The molecule has 1 rings (SSSR count). The van der Waals surface area contributed by atoms with Gasteiger partial charge in [-0.05, 0) is 18.8 Å². The van der Waals surface area contributed by atoms with Crippen LogP contribution >= 0.6 is 0 Å². The Hall–Kier alpha value is 0.650. The van der Waals surface area contributed by atoms with E-state index in [1.165, 1.54) is 13.0 Å². The molecule has 1 aliphatic rings. The van der Waals surface area contributed by atoms with Gasteiger partial charge in [0.2, 0.25) is 0 Å². The molecule has 0 amide bonds. The Morgan fingerprint density at radius 2 is 1.77 bits per heavy atom. The van der Waals surface area contributed by atoms with Gasteiger partial charge in [0, 0.05) is 5.92 Å². The van der Waals surface area contributed by atoms with Crippen LogP contribution in [-0.2, 0) is 0 Å². The average Bonchev–Trinajstić information content (AvgIpc) is 2.07. The number of hydrogen-bond acceptors (Lipinski definition) is 1. The van der Waals surface area contributed by atoms with E-state index in [1.807, 2.05) is 0 Å².